The van der Waals surface area contributed by atoms with E-state index in [1.165, 1.54) is 14.0 Å². The summed E-state index contributed by atoms with van der Waals surface area (Å²) in [5, 5.41) is 14.2. The number of fused-ring (bicyclic) bond motifs is 1. The highest BCUT2D eigenvalue weighted by molar-refractivity contribution is 6.00. The smallest absolute Gasteiger partial charge is 0.324 e. The topological polar surface area (TPSA) is 80.3 Å². The number of nitriles is 1. The summed E-state index contributed by atoms with van der Waals surface area (Å²) >= 11 is 0. The number of nitrogens with zero attached hydrogens (tertiary/aromatic N) is 4. The van der Waals surface area contributed by atoms with Crippen LogP contribution < -0.4 is 4.74 Å². The van der Waals surface area contributed by atoms with E-state index in [0.29, 0.717) is 34.7 Å². The van der Waals surface area contributed by atoms with Gasteiger partial charge in [-0.2, -0.15) is 19.1 Å². The second-order valence-corrected chi connectivity index (χ2v) is 6.60. The number of amides is 1. The number of ether oxygens (including phenoxy) is 1. The molecule has 0 spiro atoms. The highest BCUT2D eigenvalue weighted by Crippen LogP contribution is 2.28. The molecule has 0 N–H and O–H groups in total. The Bertz CT molecular complexity index is 1120. The zero-order valence-electron chi connectivity index (χ0n) is 16.1. The molecule has 3 rings (SSSR count). The van der Waals surface area contributed by atoms with Gasteiger partial charge in [-0.1, -0.05) is 12.1 Å². The number of carbonyl (C=O) groups is 1. The second-order valence-electron chi connectivity index (χ2n) is 6.60. The van der Waals surface area contributed by atoms with Crippen LogP contribution in [0.2, 0.25) is 0 Å². The van der Waals surface area contributed by atoms with Crippen molar-refractivity contribution in [3.05, 3.63) is 59.8 Å². The van der Waals surface area contributed by atoms with Gasteiger partial charge >= 0.3 is 11.8 Å². The van der Waals surface area contributed by atoms with Gasteiger partial charge in [0.2, 0.25) is 0 Å². The largest absolute Gasteiger partial charge is 0.497 e. The first kappa shape index (κ1) is 20.1. The molecule has 0 fully saturated rings. The number of rotatable bonds is 5. The summed E-state index contributed by atoms with van der Waals surface area (Å²) in [5.74, 6) is -4.46. The minimum Gasteiger partial charge on any atom is -0.497 e. The first-order valence-corrected chi connectivity index (χ1v) is 8.73. The maximum Gasteiger partial charge on any atom is 0.324 e. The molecule has 0 saturated carbocycles. The molecule has 1 aromatic heterocycles. The lowest BCUT2D eigenvalue weighted by molar-refractivity contribution is -0.139. The minimum absolute atomic E-state index is 0.163. The van der Waals surface area contributed by atoms with E-state index in [1.54, 1.807) is 53.3 Å². The summed E-state index contributed by atoms with van der Waals surface area (Å²) in [6.45, 7) is 2.02. The lowest BCUT2D eigenvalue weighted by atomic mass is 10.0. The fourth-order valence-electron chi connectivity index (χ4n) is 2.99. The van der Waals surface area contributed by atoms with E-state index in [-0.39, 0.29) is 5.71 Å². The molecular formula is C21H18F2N4O2. The number of alkyl halides is 2. The van der Waals surface area contributed by atoms with Crippen LogP contribution in [0.5, 0.6) is 5.75 Å². The molecule has 0 aliphatic heterocycles. The molecule has 1 heterocycles. The normalized spacial score (nSPS) is 13.2. The van der Waals surface area contributed by atoms with Crippen LogP contribution in [0.3, 0.4) is 0 Å². The van der Waals surface area contributed by atoms with Crippen LogP contribution in [0, 0.1) is 11.3 Å². The Morgan fingerprint density at radius 3 is 2.55 bits per heavy atom. The Morgan fingerprint density at radius 2 is 1.97 bits per heavy atom. The third-order valence-corrected chi connectivity index (χ3v) is 4.45. The number of benzene rings is 2. The Balaban J connectivity index is 2.16. The third-order valence-electron chi connectivity index (χ3n) is 4.45. The van der Waals surface area contributed by atoms with Crippen molar-refractivity contribution in [3.8, 4) is 11.8 Å². The number of halogens is 2. The molecule has 0 saturated heterocycles. The van der Waals surface area contributed by atoms with E-state index >= 15 is 0 Å². The Kier molecular flexibility index (Phi) is 5.41. The van der Waals surface area contributed by atoms with E-state index in [9.17, 15) is 13.6 Å². The van der Waals surface area contributed by atoms with Gasteiger partial charge in [-0.25, -0.2) is 4.99 Å². The first-order chi connectivity index (χ1) is 13.7. The average Bonchev–Trinajstić information content (AvgIpc) is 3.10. The molecule has 0 unspecified atom stereocenters. The van der Waals surface area contributed by atoms with Crippen LogP contribution in [0.1, 0.15) is 31.0 Å². The Hall–Kier alpha value is -3.60. The van der Waals surface area contributed by atoms with Crippen molar-refractivity contribution >= 4 is 22.5 Å². The lowest BCUT2D eigenvalue weighted by Gasteiger charge is -2.20. The average molecular weight is 396 g/mol. The SMILES string of the molecule is COc1ccc([C@H](C(C)=NC(=O)C(C)(F)F)n2ncc3cc(C#N)ccc32)cc1. The van der Waals surface area contributed by atoms with Crippen molar-refractivity contribution < 1.29 is 18.3 Å². The summed E-state index contributed by atoms with van der Waals surface area (Å²) in [7, 11) is 1.54. The van der Waals surface area contributed by atoms with Gasteiger partial charge in [0.15, 0.2) is 0 Å². The van der Waals surface area contributed by atoms with E-state index < -0.39 is 17.9 Å². The number of methoxy groups -OCH3 is 1. The molecule has 148 valence electrons. The van der Waals surface area contributed by atoms with Gasteiger partial charge in [0.1, 0.15) is 11.8 Å². The maximum atomic E-state index is 13.4. The van der Waals surface area contributed by atoms with Crippen molar-refractivity contribution in [2.45, 2.75) is 25.8 Å². The summed E-state index contributed by atoms with van der Waals surface area (Å²) in [6.07, 6.45) is 1.58. The van der Waals surface area contributed by atoms with E-state index in [0.717, 1.165) is 0 Å². The molecule has 1 atom stereocenters. The van der Waals surface area contributed by atoms with Gasteiger partial charge in [-0.3, -0.25) is 9.48 Å². The molecule has 1 amide bonds. The van der Waals surface area contributed by atoms with Gasteiger partial charge in [-0.15, -0.1) is 0 Å². The maximum absolute atomic E-state index is 13.4. The molecule has 2 aromatic carbocycles. The first-order valence-electron chi connectivity index (χ1n) is 8.73. The molecular weight excluding hydrogens is 378 g/mol. The van der Waals surface area contributed by atoms with Gasteiger partial charge in [0, 0.05) is 18.0 Å². The summed E-state index contributed by atoms with van der Waals surface area (Å²) < 4.78 is 33.6. The number of carbonyl (C=O) groups excluding carboxylic acids is 1. The van der Waals surface area contributed by atoms with Crippen LogP contribution in [-0.4, -0.2) is 34.4 Å². The zero-order valence-corrected chi connectivity index (χ0v) is 16.1. The third kappa shape index (κ3) is 4.14. The highest BCUT2D eigenvalue weighted by Gasteiger charge is 2.33. The number of aromatic nitrogens is 2. The number of hydrogen-bond acceptors (Lipinski definition) is 4. The van der Waals surface area contributed by atoms with Crippen molar-refractivity contribution in [2.24, 2.45) is 4.99 Å². The van der Waals surface area contributed by atoms with Crippen LogP contribution in [-0.2, 0) is 4.79 Å². The highest BCUT2D eigenvalue weighted by atomic mass is 19.3. The van der Waals surface area contributed by atoms with Gasteiger partial charge < -0.3 is 4.74 Å². The van der Waals surface area contributed by atoms with Gasteiger partial charge in [0.25, 0.3) is 0 Å². The molecule has 3 aromatic rings. The van der Waals surface area contributed by atoms with E-state index in [1.807, 2.05) is 0 Å². The van der Waals surface area contributed by atoms with E-state index in [4.69, 9.17) is 10.00 Å². The number of aliphatic imine (C=N–C) groups is 1. The minimum atomic E-state index is -3.57. The van der Waals surface area contributed by atoms with Crippen molar-refractivity contribution in [3.63, 3.8) is 0 Å². The zero-order chi connectivity index (χ0) is 21.2. The second kappa shape index (κ2) is 7.80. The molecule has 6 nitrogen and oxygen atoms in total. The van der Waals surface area contributed by atoms with E-state index in [2.05, 4.69) is 16.2 Å². The predicted octanol–water partition coefficient (Wildman–Crippen LogP) is 4.15. The van der Waals surface area contributed by atoms with Gasteiger partial charge in [0.05, 0.1) is 30.5 Å². The van der Waals surface area contributed by atoms with Crippen LogP contribution in [0.4, 0.5) is 8.78 Å². The molecule has 8 heteroatoms. The van der Waals surface area contributed by atoms with Crippen LogP contribution >= 0.6 is 0 Å². The van der Waals surface area contributed by atoms with Crippen LogP contribution in [0.25, 0.3) is 10.9 Å². The van der Waals surface area contributed by atoms with Crippen molar-refractivity contribution in [1.29, 1.82) is 5.26 Å². The summed E-state index contributed by atoms with van der Waals surface area (Å²) in [4.78, 5) is 15.5. The monoisotopic (exact) mass is 396 g/mol. The molecule has 0 bridgehead atoms. The molecule has 0 radical (unpaired) electrons. The lowest BCUT2D eigenvalue weighted by Crippen LogP contribution is -2.26. The summed E-state index contributed by atoms with van der Waals surface area (Å²) in [6, 6.07) is 13.4. The summed E-state index contributed by atoms with van der Waals surface area (Å²) in [5.41, 5.74) is 2.00. The van der Waals surface area contributed by atoms with Crippen molar-refractivity contribution in [2.75, 3.05) is 7.11 Å². The Labute approximate surface area is 166 Å². The molecule has 0 aliphatic rings. The standard InChI is InChI=1S/C21H18F2N4O2/c1-13(26-20(28)21(2,22)23)19(15-5-7-17(29-3)8-6-15)27-18-9-4-14(11-24)10-16(18)12-25-27/h4-10,12,19H,1-3H3/t19-/m0/s1. The Morgan fingerprint density at radius 1 is 1.28 bits per heavy atom. The van der Waals surface area contributed by atoms with Gasteiger partial charge in [-0.05, 0) is 42.8 Å². The van der Waals surface area contributed by atoms with Crippen molar-refractivity contribution in [1.82, 2.24) is 9.78 Å². The van der Waals surface area contributed by atoms with Crippen LogP contribution in [0.15, 0.2) is 53.7 Å². The molecule has 29 heavy (non-hydrogen) atoms. The number of hydrogen-bond donors (Lipinski definition) is 0. The fraction of sp³-hybridized carbons (Fsp3) is 0.238. The quantitative estimate of drug-likeness (QED) is 0.607. The fourth-order valence-corrected chi connectivity index (χ4v) is 2.99. The predicted molar refractivity (Wildman–Crippen MR) is 104 cm³/mol. The molecule has 0 aliphatic carbocycles.